The van der Waals surface area contributed by atoms with Crippen LogP contribution in [0.4, 0.5) is 4.79 Å². The third-order valence-electron chi connectivity index (χ3n) is 3.46. The second-order valence-electron chi connectivity index (χ2n) is 5.22. The predicted molar refractivity (Wildman–Crippen MR) is 82.0 cm³/mol. The molecule has 1 heterocycles. The Balaban J connectivity index is 1.94. The van der Waals surface area contributed by atoms with Crippen molar-refractivity contribution in [3.63, 3.8) is 0 Å². The van der Waals surface area contributed by atoms with E-state index in [9.17, 15) is 9.90 Å². The maximum Gasteiger partial charge on any atom is 0.404 e. The van der Waals surface area contributed by atoms with Gasteiger partial charge in [0, 0.05) is 18.6 Å². The molecule has 1 amide bonds. The molecule has 2 unspecified atom stereocenters. The fraction of sp³-hybridized carbons (Fsp3) is 0.471. The quantitative estimate of drug-likeness (QED) is 0.835. The summed E-state index contributed by atoms with van der Waals surface area (Å²) in [6.07, 6.45) is 1.98. The van der Waals surface area contributed by atoms with Crippen molar-refractivity contribution in [2.45, 2.75) is 37.9 Å². The number of aliphatic hydroxyl groups excluding tert-OH is 1. The van der Waals surface area contributed by atoms with E-state index < -0.39 is 12.2 Å². The standard InChI is InChI=1S/C17H21NO4/c18-17(20)22-11-9-16(19)14-5-3-4-13(12-14)7-8-15-6-1-2-10-21-15/h3-5,12,15-16,19H,1-2,6,9-11H2,(H2,18,20). The highest BCUT2D eigenvalue weighted by molar-refractivity contribution is 5.64. The molecule has 0 radical (unpaired) electrons. The van der Waals surface area contributed by atoms with Crippen molar-refractivity contribution in [1.29, 1.82) is 0 Å². The van der Waals surface area contributed by atoms with Crippen molar-refractivity contribution in [2.75, 3.05) is 13.2 Å². The summed E-state index contributed by atoms with van der Waals surface area (Å²) in [5, 5.41) is 10.1. The fourth-order valence-corrected chi connectivity index (χ4v) is 2.28. The largest absolute Gasteiger partial charge is 0.450 e. The highest BCUT2D eigenvalue weighted by atomic mass is 16.5. The second kappa shape index (κ2) is 8.42. The van der Waals surface area contributed by atoms with Gasteiger partial charge < -0.3 is 20.3 Å². The number of rotatable bonds is 4. The SMILES string of the molecule is NC(=O)OCCC(O)c1cccc(C#CC2CCCCO2)c1. The molecular formula is C17H21NO4. The number of hydrogen-bond acceptors (Lipinski definition) is 4. The Labute approximate surface area is 130 Å². The summed E-state index contributed by atoms with van der Waals surface area (Å²) in [5.74, 6) is 6.21. The van der Waals surface area contributed by atoms with Gasteiger partial charge in [-0.05, 0) is 37.0 Å². The van der Waals surface area contributed by atoms with Crippen LogP contribution < -0.4 is 5.73 Å². The lowest BCUT2D eigenvalue weighted by Gasteiger charge is -2.17. The summed E-state index contributed by atoms with van der Waals surface area (Å²) >= 11 is 0. The van der Waals surface area contributed by atoms with Gasteiger partial charge in [-0.15, -0.1) is 0 Å². The van der Waals surface area contributed by atoms with Crippen molar-refractivity contribution in [2.24, 2.45) is 5.73 Å². The van der Waals surface area contributed by atoms with Gasteiger partial charge in [0.15, 0.2) is 0 Å². The minimum Gasteiger partial charge on any atom is -0.450 e. The number of aliphatic hydroxyl groups is 1. The van der Waals surface area contributed by atoms with Gasteiger partial charge in [0.2, 0.25) is 0 Å². The lowest BCUT2D eigenvalue weighted by atomic mass is 10.0. The van der Waals surface area contributed by atoms with Crippen LogP contribution in [0.15, 0.2) is 24.3 Å². The van der Waals surface area contributed by atoms with E-state index in [0.29, 0.717) is 6.42 Å². The average Bonchev–Trinajstić information content (AvgIpc) is 2.54. The van der Waals surface area contributed by atoms with Crippen LogP contribution in [-0.4, -0.2) is 30.5 Å². The Hall–Kier alpha value is -2.03. The van der Waals surface area contributed by atoms with Crippen LogP contribution in [0.25, 0.3) is 0 Å². The van der Waals surface area contributed by atoms with Gasteiger partial charge in [-0.3, -0.25) is 0 Å². The van der Waals surface area contributed by atoms with Gasteiger partial charge in [-0.1, -0.05) is 24.0 Å². The first-order chi connectivity index (χ1) is 10.6. The smallest absolute Gasteiger partial charge is 0.404 e. The van der Waals surface area contributed by atoms with E-state index in [1.165, 1.54) is 0 Å². The summed E-state index contributed by atoms with van der Waals surface area (Å²) in [6, 6.07) is 7.40. The minimum atomic E-state index is -0.834. The van der Waals surface area contributed by atoms with Gasteiger partial charge in [0.25, 0.3) is 0 Å². The lowest BCUT2D eigenvalue weighted by Crippen LogP contribution is -2.16. The van der Waals surface area contributed by atoms with E-state index in [1.54, 1.807) is 0 Å². The Morgan fingerprint density at radius 1 is 1.50 bits per heavy atom. The van der Waals surface area contributed by atoms with Gasteiger partial charge in [0.1, 0.15) is 6.10 Å². The summed E-state index contributed by atoms with van der Waals surface area (Å²) < 4.78 is 10.2. The van der Waals surface area contributed by atoms with Crippen molar-refractivity contribution >= 4 is 6.09 Å². The van der Waals surface area contributed by atoms with Gasteiger partial charge in [-0.2, -0.15) is 0 Å². The highest BCUT2D eigenvalue weighted by Gasteiger charge is 2.11. The first-order valence-corrected chi connectivity index (χ1v) is 7.48. The molecule has 1 fully saturated rings. The zero-order valence-electron chi connectivity index (χ0n) is 12.5. The van der Waals surface area contributed by atoms with Gasteiger partial charge in [-0.25, -0.2) is 4.79 Å². The maximum absolute atomic E-state index is 10.5. The molecule has 2 rings (SSSR count). The van der Waals surface area contributed by atoms with E-state index in [4.69, 9.17) is 10.5 Å². The van der Waals surface area contributed by atoms with Crippen molar-refractivity contribution in [1.82, 2.24) is 0 Å². The molecule has 0 aromatic heterocycles. The number of carbonyl (C=O) groups excluding carboxylic acids is 1. The Bertz CT molecular complexity index is 555. The molecule has 0 saturated carbocycles. The Morgan fingerprint density at radius 2 is 2.36 bits per heavy atom. The minimum absolute atomic E-state index is 0.00583. The molecule has 22 heavy (non-hydrogen) atoms. The Kier molecular flexibility index (Phi) is 6.26. The normalized spacial score (nSPS) is 18.9. The molecular weight excluding hydrogens is 282 g/mol. The van der Waals surface area contributed by atoms with Crippen LogP contribution in [0.3, 0.4) is 0 Å². The van der Waals surface area contributed by atoms with E-state index in [2.05, 4.69) is 16.6 Å². The average molecular weight is 303 g/mol. The number of primary amides is 1. The number of amides is 1. The highest BCUT2D eigenvalue weighted by Crippen LogP contribution is 2.18. The molecule has 1 aliphatic heterocycles. The number of hydrogen-bond donors (Lipinski definition) is 2. The van der Waals surface area contributed by atoms with Crippen molar-refractivity contribution in [3.05, 3.63) is 35.4 Å². The molecule has 118 valence electrons. The summed E-state index contributed by atoms with van der Waals surface area (Å²) in [7, 11) is 0. The van der Waals surface area contributed by atoms with Crippen LogP contribution >= 0.6 is 0 Å². The van der Waals surface area contributed by atoms with Crippen molar-refractivity contribution in [3.8, 4) is 11.8 Å². The third-order valence-corrected chi connectivity index (χ3v) is 3.46. The summed E-state index contributed by atoms with van der Waals surface area (Å²) in [5.41, 5.74) is 6.45. The number of ether oxygens (including phenoxy) is 2. The molecule has 5 nitrogen and oxygen atoms in total. The first kappa shape index (κ1) is 16.3. The van der Waals surface area contributed by atoms with Gasteiger partial charge in [0.05, 0.1) is 12.7 Å². The third kappa shape index (κ3) is 5.40. The summed E-state index contributed by atoms with van der Waals surface area (Å²) in [6.45, 7) is 0.861. The van der Waals surface area contributed by atoms with Crippen LogP contribution in [0.5, 0.6) is 0 Å². The van der Waals surface area contributed by atoms with Gasteiger partial charge >= 0.3 is 6.09 Å². The monoisotopic (exact) mass is 303 g/mol. The van der Waals surface area contributed by atoms with E-state index in [-0.39, 0.29) is 12.7 Å². The van der Waals surface area contributed by atoms with E-state index in [1.807, 2.05) is 24.3 Å². The lowest BCUT2D eigenvalue weighted by molar-refractivity contribution is 0.0526. The number of carbonyl (C=O) groups is 1. The number of nitrogens with two attached hydrogens (primary N) is 1. The zero-order chi connectivity index (χ0) is 15.8. The fourth-order valence-electron chi connectivity index (χ4n) is 2.28. The van der Waals surface area contributed by atoms with Crippen LogP contribution in [0, 0.1) is 11.8 Å². The number of benzene rings is 1. The molecule has 0 bridgehead atoms. The molecule has 5 heteroatoms. The molecule has 0 spiro atoms. The molecule has 2 atom stereocenters. The molecule has 1 saturated heterocycles. The summed E-state index contributed by atoms with van der Waals surface area (Å²) in [4.78, 5) is 10.5. The maximum atomic E-state index is 10.5. The van der Waals surface area contributed by atoms with Crippen LogP contribution in [0.2, 0.25) is 0 Å². The van der Waals surface area contributed by atoms with E-state index >= 15 is 0 Å². The molecule has 1 aliphatic rings. The van der Waals surface area contributed by atoms with E-state index in [0.717, 1.165) is 37.0 Å². The predicted octanol–water partition coefficient (Wildman–Crippen LogP) is 2.13. The van der Waals surface area contributed by atoms with Crippen LogP contribution in [0.1, 0.15) is 42.9 Å². The molecule has 1 aromatic rings. The zero-order valence-corrected chi connectivity index (χ0v) is 12.5. The van der Waals surface area contributed by atoms with Crippen LogP contribution in [-0.2, 0) is 9.47 Å². The second-order valence-corrected chi connectivity index (χ2v) is 5.22. The van der Waals surface area contributed by atoms with Crippen molar-refractivity contribution < 1.29 is 19.4 Å². The first-order valence-electron chi connectivity index (χ1n) is 7.48. The molecule has 3 N–H and O–H groups in total. The molecule has 0 aliphatic carbocycles. The Morgan fingerprint density at radius 3 is 3.09 bits per heavy atom. The molecule has 1 aromatic carbocycles. The topological polar surface area (TPSA) is 81.8 Å².